The molecule has 0 aliphatic carbocycles. The van der Waals surface area contributed by atoms with Crippen molar-refractivity contribution in [2.24, 2.45) is 0 Å². The molecule has 1 rings (SSSR count). The minimum atomic E-state index is -2.97. The van der Waals surface area contributed by atoms with Crippen LogP contribution in [0.3, 0.4) is 0 Å². The average Bonchev–Trinajstić information content (AvgIpc) is 2.12. The Kier molecular flexibility index (Phi) is 4.11. The van der Waals surface area contributed by atoms with Gasteiger partial charge >= 0.3 is 12.6 Å². The fourth-order valence-electron chi connectivity index (χ4n) is 1.25. The van der Waals surface area contributed by atoms with E-state index >= 15 is 0 Å². The van der Waals surface area contributed by atoms with Crippen LogP contribution in [-0.4, -0.2) is 18.2 Å². The van der Waals surface area contributed by atoms with Gasteiger partial charge in [0.1, 0.15) is 11.4 Å². The largest absolute Gasteiger partial charge is 0.456 e. The maximum absolute atomic E-state index is 12.1. The molecule has 18 heavy (non-hydrogen) atoms. The predicted octanol–water partition coefficient (Wildman–Crippen LogP) is 2.83. The quantitative estimate of drug-likeness (QED) is 0.669. The Bertz CT molecular complexity index is 441. The molecule has 6 heteroatoms. The monoisotopic (exact) mass is 259 g/mol. The van der Waals surface area contributed by atoms with E-state index in [1.54, 1.807) is 20.8 Å². The summed E-state index contributed by atoms with van der Waals surface area (Å²) < 4.78 is 33.4. The van der Waals surface area contributed by atoms with Crippen LogP contribution in [0, 0.1) is 0 Å². The number of halogens is 2. The molecule has 100 valence electrons. The Hall–Kier alpha value is -1.85. The molecule has 0 heterocycles. The number of rotatable bonds is 3. The molecule has 4 nitrogen and oxygen atoms in total. The lowest BCUT2D eigenvalue weighted by molar-refractivity contribution is -0.0499. The molecule has 1 aromatic carbocycles. The number of nitrogens with two attached hydrogens (primary N) is 1. The van der Waals surface area contributed by atoms with Gasteiger partial charge in [0, 0.05) is 11.8 Å². The fraction of sp³-hybridized carbons (Fsp3) is 0.417. The molecule has 0 amide bonds. The van der Waals surface area contributed by atoms with Crippen molar-refractivity contribution < 1.29 is 23.0 Å². The SMILES string of the molecule is CC(C)(C)OC(=O)c1cc(N)cc(OC(F)F)c1. The van der Waals surface area contributed by atoms with Gasteiger partial charge in [-0.1, -0.05) is 0 Å². The smallest absolute Gasteiger partial charge is 0.387 e. The van der Waals surface area contributed by atoms with E-state index in [1.807, 2.05) is 0 Å². The van der Waals surface area contributed by atoms with Crippen molar-refractivity contribution in [1.82, 2.24) is 0 Å². The number of carbonyl (C=O) groups is 1. The first-order valence-electron chi connectivity index (χ1n) is 5.26. The van der Waals surface area contributed by atoms with Crippen molar-refractivity contribution in [2.45, 2.75) is 33.0 Å². The summed E-state index contributed by atoms with van der Waals surface area (Å²) in [6.07, 6.45) is 0. The molecule has 0 aromatic heterocycles. The van der Waals surface area contributed by atoms with Crippen molar-refractivity contribution in [3.05, 3.63) is 23.8 Å². The third-order valence-corrected chi connectivity index (χ3v) is 1.79. The third-order valence-electron chi connectivity index (χ3n) is 1.79. The third kappa shape index (κ3) is 4.57. The summed E-state index contributed by atoms with van der Waals surface area (Å²) in [7, 11) is 0. The van der Waals surface area contributed by atoms with Crippen LogP contribution in [0.1, 0.15) is 31.1 Å². The highest BCUT2D eigenvalue weighted by Crippen LogP contribution is 2.22. The molecule has 0 aliphatic heterocycles. The first kappa shape index (κ1) is 14.2. The van der Waals surface area contributed by atoms with Gasteiger partial charge < -0.3 is 15.2 Å². The molecule has 1 aromatic rings. The summed E-state index contributed by atoms with van der Waals surface area (Å²) in [5.74, 6) is -0.820. The predicted molar refractivity (Wildman–Crippen MR) is 62.7 cm³/mol. The molecule has 0 radical (unpaired) electrons. The van der Waals surface area contributed by atoms with E-state index in [0.29, 0.717) is 0 Å². The van der Waals surface area contributed by atoms with Crippen molar-refractivity contribution in [3.8, 4) is 5.75 Å². The first-order valence-corrected chi connectivity index (χ1v) is 5.26. The zero-order valence-corrected chi connectivity index (χ0v) is 10.4. The van der Waals surface area contributed by atoms with E-state index in [1.165, 1.54) is 12.1 Å². The molecule has 0 saturated heterocycles. The molecule has 2 N–H and O–H groups in total. The number of carbonyl (C=O) groups excluding carboxylic acids is 1. The van der Waals surface area contributed by atoms with Gasteiger partial charge in [0.2, 0.25) is 0 Å². The molecule has 0 saturated carbocycles. The Morgan fingerprint density at radius 3 is 2.39 bits per heavy atom. The standard InChI is InChI=1S/C12H15F2NO3/c1-12(2,3)18-10(16)7-4-8(15)6-9(5-7)17-11(13)14/h4-6,11H,15H2,1-3H3. The lowest BCUT2D eigenvalue weighted by Gasteiger charge is -2.19. The van der Waals surface area contributed by atoms with Gasteiger partial charge in [0.15, 0.2) is 0 Å². The highest BCUT2D eigenvalue weighted by atomic mass is 19.3. The van der Waals surface area contributed by atoms with Crippen LogP contribution in [0.25, 0.3) is 0 Å². The van der Waals surface area contributed by atoms with E-state index in [0.717, 1.165) is 6.07 Å². The van der Waals surface area contributed by atoms with Gasteiger partial charge in [-0.05, 0) is 32.9 Å². The summed E-state index contributed by atoms with van der Waals surface area (Å²) in [6.45, 7) is 2.13. The van der Waals surface area contributed by atoms with E-state index < -0.39 is 18.2 Å². The number of hydrogen-bond acceptors (Lipinski definition) is 4. The summed E-state index contributed by atoms with van der Waals surface area (Å²) in [5.41, 5.74) is 5.05. The normalized spacial score (nSPS) is 11.4. The van der Waals surface area contributed by atoms with Crippen LogP contribution in [0.2, 0.25) is 0 Å². The molecule has 0 aliphatic rings. The molecule has 0 atom stereocenters. The molecular weight excluding hydrogens is 244 g/mol. The van der Waals surface area contributed by atoms with Crippen LogP contribution >= 0.6 is 0 Å². The first-order chi connectivity index (χ1) is 8.17. The average molecular weight is 259 g/mol. The maximum atomic E-state index is 12.1. The highest BCUT2D eigenvalue weighted by molar-refractivity contribution is 5.91. The minimum Gasteiger partial charge on any atom is -0.456 e. The molecule has 0 unspecified atom stereocenters. The van der Waals surface area contributed by atoms with Gasteiger partial charge in [0.25, 0.3) is 0 Å². The van der Waals surface area contributed by atoms with Gasteiger partial charge in [-0.2, -0.15) is 8.78 Å². The van der Waals surface area contributed by atoms with Crippen LogP contribution < -0.4 is 10.5 Å². The van der Waals surface area contributed by atoms with Crippen molar-refractivity contribution in [3.63, 3.8) is 0 Å². The van der Waals surface area contributed by atoms with E-state index in [9.17, 15) is 13.6 Å². The van der Waals surface area contributed by atoms with Gasteiger partial charge in [-0.25, -0.2) is 4.79 Å². The summed E-state index contributed by atoms with van der Waals surface area (Å²) in [6, 6.07) is 3.71. The zero-order chi connectivity index (χ0) is 13.9. The van der Waals surface area contributed by atoms with Crippen molar-refractivity contribution in [2.75, 3.05) is 5.73 Å². The number of esters is 1. The second-order valence-corrected chi connectivity index (χ2v) is 4.67. The van der Waals surface area contributed by atoms with Gasteiger partial charge in [-0.15, -0.1) is 0 Å². The summed E-state index contributed by atoms with van der Waals surface area (Å²) in [5, 5.41) is 0. The Morgan fingerprint density at radius 2 is 1.89 bits per heavy atom. The van der Waals surface area contributed by atoms with Crippen LogP contribution in [0.4, 0.5) is 14.5 Å². The number of alkyl halides is 2. The number of ether oxygens (including phenoxy) is 2. The van der Waals surface area contributed by atoms with Gasteiger partial charge in [0.05, 0.1) is 5.56 Å². The van der Waals surface area contributed by atoms with Gasteiger partial charge in [-0.3, -0.25) is 0 Å². The Balaban J connectivity index is 2.95. The van der Waals surface area contributed by atoms with E-state index in [4.69, 9.17) is 10.5 Å². The van der Waals surface area contributed by atoms with Crippen molar-refractivity contribution >= 4 is 11.7 Å². The minimum absolute atomic E-state index is 0.0700. The maximum Gasteiger partial charge on any atom is 0.387 e. The molecular formula is C12H15F2NO3. The summed E-state index contributed by atoms with van der Waals surface area (Å²) in [4.78, 5) is 11.7. The Labute approximate surface area is 104 Å². The van der Waals surface area contributed by atoms with Crippen LogP contribution in [0.15, 0.2) is 18.2 Å². The number of benzene rings is 1. The lowest BCUT2D eigenvalue weighted by atomic mass is 10.1. The van der Waals surface area contributed by atoms with E-state index in [-0.39, 0.29) is 17.0 Å². The number of nitrogen functional groups attached to an aromatic ring is 1. The molecule has 0 fully saturated rings. The zero-order valence-electron chi connectivity index (χ0n) is 10.4. The molecule has 0 bridgehead atoms. The topological polar surface area (TPSA) is 61.5 Å². The van der Waals surface area contributed by atoms with Crippen molar-refractivity contribution in [1.29, 1.82) is 0 Å². The second-order valence-electron chi connectivity index (χ2n) is 4.67. The van der Waals surface area contributed by atoms with E-state index in [2.05, 4.69) is 4.74 Å². The highest BCUT2D eigenvalue weighted by Gasteiger charge is 2.19. The fourth-order valence-corrected chi connectivity index (χ4v) is 1.25. The number of anilines is 1. The summed E-state index contributed by atoms with van der Waals surface area (Å²) >= 11 is 0. The number of hydrogen-bond donors (Lipinski definition) is 1. The lowest BCUT2D eigenvalue weighted by Crippen LogP contribution is -2.24. The Morgan fingerprint density at radius 1 is 1.28 bits per heavy atom. The van der Waals surface area contributed by atoms with Crippen LogP contribution in [0.5, 0.6) is 5.75 Å². The van der Waals surface area contributed by atoms with Crippen LogP contribution in [-0.2, 0) is 4.74 Å². The molecule has 0 spiro atoms. The second kappa shape index (κ2) is 5.20.